The molecule has 0 aliphatic heterocycles. The Morgan fingerprint density at radius 1 is 1.03 bits per heavy atom. The number of sulfonamides is 1. The van der Waals surface area contributed by atoms with Crippen LogP contribution in [0.5, 0.6) is 0 Å². The van der Waals surface area contributed by atoms with Crippen LogP contribution in [0.25, 0.3) is 0 Å². The number of rotatable bonds is 10. The van der Waals surface area contributed by atoms with Crippen LogP contribution in [0, 0.1) is 13.8 Å². The number of amides is 2. The van der Waals surface area contributed by atoms with Crippen molar-refractivity contribution < 1.29 is 22.4 Å². The van der Waals surface area contributed by atoms with E-state index < -0.39 is 28.5 Å². The minimum Gasteiger partial charge on any atom is -0.467 e. The van der Waals surface area contributed by atoms with E-state index in [2.05, 4.69) is 10.0 Å². The maximum Gasteiger partial charge on any atom is 0.243 e. The normalized spacial score (nSPS) is 12.2. The predicted molar refractivity (Wildman–Crippen MR) is 130 cm³/mol. The summed E-state index contributed by atoms with van der Waals surface area (Å²) in [5.74, 6) is -0.310. The van der Waals surface area contributed by atoms with Crippen LogP contribution in [0.3, 0.4) is 0 Å². The molecule has 2 amide bonds. The maximum atomic E-state index is 13.4. The predicted octanol–water partition coefficient (Wildman–Crippen LogP) is 3.30. The first-order valence-corrected chi connectivity index (χ1v) is 12.5. The van der Waals surface area contributed by atoms with E-state index in [0.29, 0.717) is 17.9 Å². The van der Waals surface area contributed by atoms with Crippen LogP contribution in [0.4, 0.5) is 5.69 Å². The molecule has 3 aromatic rings. The topological polar surface area (TPSA) is 109 Å². The van der Waals surface area contributed by atoms with Gasteiger partial charge in [0.15, 0.2) is 0 Å². The van der Waals surface area contributed by atoms with Crippen molar-refractivity contribution in [1.29, 1.82) is 0 Å². The molecule has 1 atom stereocenters. The van der Waals surface area contributed by atoms with Crippen LogP contribution >= 0.6 is 0 Å². The van der Waals surface area contributed by atoms with Gasteiger partial charge in [-0.05, 0) is 61.7 Å². The second-order valence-corrected chi connectivity index (χ2v) is 9.68. The monoisotopic (exact) mass is 483 g/mol. The number of benzene rings is 2. The average molecular weight is 484 g/mol. The molecule has 9 heteroatoms. The number of furan rings is 1. The Bertz CT molecular complexity index is 1220. The number of hydrogen-bond donors (Lipinski definition) is 2. The molecule has 0 radical (unpaired) electrons. The van der Waals surface area contributed by atoms with E-state index in [4.69, 9.17) is 4.42 Å². The molecule has 0 aliphatic rings. The van der Waals surface area contributed by atoms with Gasteiger partial charge in [0.25, 0.3) is 0 Å². The van der Waals surface area contributed by atoms with Gasteiger partial charge in [0, 0.05) is 5.69 Å². The van der Waals surface area contributed by atoms with Crippen LogP contribution in [0.1, 0.15) is 30.2 Å². The van der Waals surface area contributed by atoms with Gasteiger partial charge in [-0.1, -0.05) is 37.3 Å². The number of anilines is 1. The van der Waals surface area contributed by atoms with Gasteiger partial charge in [0.1, 0.15) is 11.8 Å². The molecule has 0 fully saturated rings. The lowest BCUT2D eigenvalue weighted by Crippen LogP contribution is -2.52. The van der Waals surface area contributed by atoms with Crippen molar-refractivity contribution >= 4 is 27.5 Å². The molecule has 0 bridgehead atoms. The third-order valence-corrected chi connectivity index (χ3v) is 6.79. The molecule has 0 saturated heterocycles. The maximum absolute atomic E-state index is 13.4. The Labute approximate surface area is 200 Å². The Hall–Kier alpha value is -3.43. The van der Waals surface area contributed by atoms with E-state index in [1.807, 2.05) is 32.0 Å². The molecule has 1 aromatic heterocycles. The standard InChI is InChI=1S/C25H29N3O5S/c1-4-22(25(30)26-16-20-9-8-14-33-20)28(23-15-18(2)12-13-19(23)3)24(29)17-27-34(31,32)21-10-6-5-7-11-21/h5-15,22,27H,4,16-17H2,1-3H3,(H,26,30)/t22-/m1/s1. The highest BCUT2D eigenvalue weighted by atomic mass is 32.2. The molecule has 0 saturated carbocycles. The van der Waals surface area contributed by atoms with Crippen LogP contribution in [-0.2, 0) is 26.2 Å². The van der Waals surface area contributed by atoms with Crippen molar-refractivity contribution in [3.63, 3.8) is 0 Å². The first-order valence-electron chi connectivity index (χ1n) is 11.0. The smallest absolute Gasteiger partial charge is 0.243 e. The van der Waals surface area contributed by atoms with Gasteiger partial charge in [-0.3, -0.25) is 14.5 Å². The lowest BCUT2D eigenvalue weighted by Gasteiger charge is -2.32. The Balaban J connectivity index is 1.87. The van der Waals surface area contributed by atoms with Gasteiger partial charge in [-0.2, -0.15) is 0 Å². The van der Waals surface area contributed by atoms with E-state index in [0.717, 1.165) is 11.1 Å². The second kappa shape index (κ2) is 11.1. The van der Waals surface area contributed by atoms with E-state index in [9.17, 15) is 18.0 Å². The largest absolute Gasteiger partial charge is 0.467 e. The molecule has 8 nitrogen and oxygen atoms in total. The molecule has 1 heterocycles. The average Bonchev–Trinajstić information content (AvgIpc) is 3.35. The summed E-state index contributed by atoms with van der Waals surface area (Å²) in [6, 6.07) is 16.1. The molecule has 0 aliphatic carbocycles. The van der Waals surface area contributed by atoms with Crippen molar-refractivity contribution in [2.75, 3.05) is 11.4 Å². The number of hydrogen-bond acceptors (Lipinski definition) is 5. The lowest BCUT2D eigenvalue weighted by molar-refractivity contribution is -0.126. The summed E-state index contributed by atoms with van der Waals surface area (Å²) in [5.41, 5.74) is 2.26. The zero-order chi connectivity index (χ0) is 24.7. The molecule has 34 heavy (non-hydrogen) atoms. The van der Waals surface area contributed by atoms with Crippen molar-refractivity contribution in [3.05, 3.63) is 83.8 Å². The SMILES string of the molecule is CC[C@H](C(=O)NCc1ccco1)N(C(=O)CNS(=O)(=O)c1ccccc1)c1cc(C)ccc1C. The van der Waals surface area contributed by atoms with Gasteiger partial charge in [-0.25, -0.2) is 13.1 Å². The van der Waals surface area contributed by atoms with E-state index in [-0.39, 0.29) is 17.3 Å². The van der Waals surface area contributed by atoms with Gasteiger partial charge >= 0.3 is 0 Å². The van der Waals surface area contributed by atoms with Gasteiger partial charge in [0.05, 0.1) is 24.2 Å². The summed E-state index contributed by atoms with van der Waals surface area (Å²) < 4.78 is 32.9. The van der Waals surface area contributed by atoms with E-state index >= 15 is 0 Å². The summed E-state index contributed by atoms with van der Waals surface area (Å²) in [6.45, 7) is 5.22. The second-order valence-electron chi connectivity index (χ2n) is 7.91. The Morgan fingerprint density at radius 2 is 1.76 bits per heavy atom. The number of nitrogens with one attached hydrogen (secondary N) is 2. The summed E-state index contributed by atoms with van der Waals surface area (Å²) in [6.07, 6.45) is 1.85. The van der Waals surface area contributed by atoms with Gasteiger partial charge in [-0.15, -0.1) is 0 Å². The minimum atomic E-state index is -3.89. The fraction of sp³-hybridized carbons (Fsp3) is 0.280. The zero-order valence-corrected chi connectivity index (χ0v) is 20.3. The molecule has 2 aromatic carbocycles. The fourth-order valence-corrected chi connectivity index (χ4v) is 4.57. The quantitative estimate of drug-likeness (QED) is 0.460. The van der Waals surface area contributed by atoms with E-state index in [1.165, 1.54) is 23.3 Å². The van der Waals surface area contributed by atoms with Crippen molar-refractivity contribution in [1.82, 2.24) is 10.0 Å². The minimum absolute atomic E-state index is 0.0596. The number of carbonyl (C=O) groups is 2. The fourth-order valence-electron chi connectivity index (χ4n) is 3.57. The molecular formula is C25H29N3O5S. The van der Waals surface area contributed by atoms with Crippen molar-refractivity contribution in [3.8, 4) is 0 Å². The highest BCUT2D eigenvalue weighted by Crippen LogP contribution is 2.25. The third-order valence-electron chi connectivity index (χ3n) is 5.38. The van der Waals surface area contributed by atoms with Crippen molar-refractivity contribution in [2.45, 2.75) is 44.7 Å². The summed E-state index contributed by atoms with van der Waals surface area (Å²) in [7, 11) is -3.89. The van der Waals surface area contributed by atoms with Crippen LogP contribution in [-0.4, -0.2) is 32.8 Å². The molecule has 3 rings (SSSR count). The Kier molecular flexibility index (Phi) is 8.25. The van der Waals surface area contributed by atoms with Crippen LogP contribution < -0.4 is 14.9 Å². The summed E-state index contributed by atoms with van der Waals surface area (Å²) in [4.78, 5) is 28.0. The number of nitrogens with zero attached hydrogens (tertiary/aromatic N) is 1. The van der Waals surface area contributed by atoms with Gasteiger partial charge < -0.3 is 9.73 Å². The highest BCUT2D eigenvalue weighted by molar-refractivity contribution is 7.89. The number of aryl methyl sites for hydroxylation is 2. The molecule has 0 spiro atoms. The van der Waals surface area contributed by atoms with Crippen LogP contribution in [0.2, 0.25) is 0 Å². The number of carbonyl (C=O) groups excluding carboxylic acids is 2. The zero-order valence-electron chi connectivity index (χ0n) is 19.4. The van der Waals surface area contributed by atoms with E-state index in [1.54, 1.807) is 37.3 Å². The summed E-state index contributed by atoms with van der Waals surface area (Å²) in [5, 5.41) is 2.81. The molecule has 2 N–H and O–H groups in total. The first kappa shape index (κ1) is 25.2. The Morgan fingerprint density at radius 3 is 2.41 bits per heavy atom. The molecular weight excluding hydrogens is 454 g/mol. The first-order chi connectivity index (χ1) is 16.2. The third kappa shape index (κ3) is 6.12. The van der Waals surface area contributed by atoms with Crippen LogP contribution in [0.15, 0.2) is 76.2 Å². The molecule has 0 unspecified atom stereocenters. The van der Waals surface area contributed by atoms with Gasteiger partial charge in [0.2, 0.25) is 21.8 Å². The lowest BCUT2D eigenvalue weighted by atomic mass is 10.1. The highest BCUT2D eigenvalue weighted by Gasteiger charge is 2.31. The summed E-state index contributed by atoms with van der Waals surface area (Å²) >= 11 is 0. The molecule has 180 valence electrons. The van der Waals surface area contributed by atoms with Crippen molar-refractivity contribution in [2.24, 2.45) is 0 Å².